The molecule has 0 spiro atoms. The Labute approximate surface area is 165 Å². The first-order valence-corrected chi connectivity index (χ1v) is 9.36. The Morgan fingerprint density at radius 3 is 1.25 bits per heavy atom. The smallest absolute Gasteiger partial charge is 0.253 e. The van der Waals surface area contributed by atoms with Crippen molar-refractivity contribution in [3.05, 3.63) is 12.2 Å². The molecular weight excluding hydrogens is 374 g/mol. The van der Waals surface area contributed by atoms with Gasteiger partial charge in [0.05, 0.1) is 92.4 Å². The van der Waals surface area contributed by atoms with Crippen molar-refractivity contribution in [1.29, 1.82) is 0 Å². The zero-order valence-electron chi connectivity index (χ0n) is 16.2. The van der Waals surface area contributed by atoms with Gasteiger partial charge in [-0.3, -0.25) is 14.5 Å². The highest BCUT2D eigenvalue weighted by Gasteiger charge is 2.22. The lowest BCUT2D eigenvalue weighted by atomic mass is 10.5. The predicted octanol–water partition coefficient (Wildman–Crippen LogP) is -0.997. The molecule has 0 saturated carbocycles. The first-order valence-electron chi connectivity index (χ1n) is 9.36. The zero-order chi connectivity index (χ0) is 20.3. The SMILES string of the molecule is O=C1C=CC(=O)N1CCOCCOCCOCCOCCOCCOCCO. The summed E-state index contributed by atoms with van der Waals surface area (Å²) in [6.07, 6.45) is 2.50. The number of aliphatic hydroxyl groups excluding tert-OH is 1. The van der Waals surface area contributed by atoms with Gasteiger partial charge < -0.3 is 33.5 Å². The maximum atomic E-state index is 11.3. The summed E-state index contributed by atoms with van der Waals surface area (Å²) < 4.78 is 31.7. The summed E-state index contributed by atoms with van der Waals surface area (Å²) in [4.78, 5) is 23.7. The minimum atomic E-state index is -0.303. The van der Waals surface area contributed by atoms with E-state index in [4.69, 9.17) is 33.5 Å². The van der Waals surface area contributed by atoms with Gasteiger partial charge in [0, 0.05) is 12.2 Å². The molecule has 0 fully saturated rings. The molecule has 162 valence electrons. The normalized spacial score (nSPS) is 13.8. The molecule has 0 aromatic heterocycles. The summed E-state index contributed by atoms with van der Waals surface area (Å²) in [6, 6.07) is 0. The van der Waals surface area contributed by atoms with E-state index in [0.717, 1.165) is 4.90 Å². The van der Waals surface area contributed by atoms with Crippen LogP contribution in [0.2, 0.25) is 0 Å². The summed E-state index contributed by atoms with van der Waals surface area (Å²) >= 11 is 0. The van der Waals surface area contributed by atoms with E-state index in [-0.39, 0.29) is 31.6 Å². The fraction of sp³-hybridized carbons (Fsp3) is 0.778. The Morgan fingerprint density at radius 1 is 0.571 bits per heavy atom. The van der Waals surface area contributed by atoms with Crippen LogP contribution in [0.25, 0.3) is 0 Å². The average molecular weight is 405 g/mol. The number of carbonyl (C=O) groups excluding carboxylic acids is 2. The fourth-order valence-corrected chi connectivity index (χ4v) is 2.07. The van der Waals surface area contributed by atoms with E-state index >= 15 is 0 Å². The van der Waals surface area contributed by atoms with Gasteiger partial charge >= 0.3 is 0 Å². The molecule has 1 rings (SSSR count). The Hall–Kier alpha value is -1.40. The fourth-order valence-electron chi connectivity index (χ4n) is 2.07. The Kier molecular flexibility index (Phi) is 15.6. The van der Waals surface area contributed by atoms with Gasteiger partial charge in [-0.2, -0.15) is 0 Å². The number of imide groups is 1. The Balaban J connectivity index is 1.70. The number of aliphatic hydroxyl groups is 1. The van der Waals surface area contributed by atoms with Gasteiger partial charge in [0.15, 0.2) is 0 Å². The third-order valence-electron chi connectivity index (χ3n) is 3.46. The molecule has 0 radical (unpaired) electrons. The minimum absolute atomic E-state index is 0.0191. The highest BCUT2D eigenvalue weighted by Crippen LogP contribution is 2.02. The predicted molar refractivity (Wildman–Crippen MR) is 97.9 cm³/mol. The van der Waals surface area contributed by atoms with Gasteiger partial charge in [-0.05, 0) is 0 Å². The molecular formula is C18H31NO9. The number of ether oxygens (including phenoxy) is 6. The van der Waals surface area contributed by atoms with Gasteiger partial charge in [0.2, 0.25) is 0 Å². The third-order valence-corrected chi connectivity index (χ3v) is 3.46. The van der Waals surface area contributed by atoms with E-state index in [1.165, 1.54) is 12.2 Å². The third kappa shape index (κ3) is 12.9. The second-order valence-electron chi connectivity index (χ2n) is 5.56. The number of nitrogens with zero attached hydrogens (tertiary/aromatic N) is 1. The summed E-state index contributed by atoms with van der Waals surface area (Å²) in [5.41, 5.74) is 0. The monoisotopic (exact) mass is 405 g/mol. The number of carbonyl (C=O) groups is 2. The molecule has 28 heavy (non-hydrogen) atoms. The van der Waals surface area contributed by atoms with Gasteiger partial charge in [0.25, 0.3) is 11.8 Å². The van der Waals surface area contributed by atoms with Crippen LogP contribution in [0.1, 0.15) is 0 Å². The lowest BCUT2D eigenvalue weighted by Gasteiger charge is -2.13. The molecule has 0 saturated heterocycles. The first-order chi connectivity index (χ1) is 13.8. The van der Waals surface area contributed by atoms with Crippen molar-refractivity contribution in [3.8, 4) is 0 Å². The van der Waals surface area contributed by atoms with Gasteiger partial charge in [-0.1, -0.05) is 0 Å². The Morgan fingerprint density at radius 2 is 0.893 bits per heavy atom. The van der Waals surface area contributed by atoms with Crippen LogP contribution >= 0.6 is 0 Å². The lowest BCUT2D eigenvalue weighted by Crippen LogP contribution is -2.33. The molecule has 10 heteroatoms. The molecule has 1 N–H and O–H groups in total. The molecule has 0 unspecified atom stereocenters. The highest BCUT2D eigenvalue weighted by molar-refractivity contribution is 6.12. The van der Waals surface area contributed by atoms with Crippen LogP contribution in [-0.2, 0) is 38.0 Å². The van der Waals surface area contributed by atoms with Crippen LogP contribution in [-0.4, -0.2) is 114 Å². The quantitative estimate of drug-likeness (QED) is 0.201. The van der Waals surface area contributed by atoms with Crippen molar-refractivity contribution >= 4 is 11.8 Å². The Bertz CT molecular complexity index is 427. The van der Waals surface area contributed by atoms with Crippen molar-refractivity contribution < 1.29 is 43.1 Å². The molecule has 10 nitrogen and oxygen atoms in total. The highest BCUT2D eigenvalue weighted by atomic mass is 16.6. The lowest BCUT2D eigenvalue weighted by molar-refractivity contribution is -0.137. The van der Waals surface area contributed by atoms with E-state index in [0.29, 0.717) is 72.7 Å². The molecule has 0 aromatic carbocycles. The van der Waals surface area contributed by atoms with E-state index in [2.05, 4.69) is 0 Å². The van der Waals surface area contributed by atoms with Crippen LogP contribution < -0.4 is 0 Å². The largest absolute Gasteiger partial charge is 0.394 e. The van der Waals surface area contributed by atoms with Gasteiger partial charge in [0.1, 0.15) is 0 Å². The molecule has 0 bridgehead atoms. The van der Waals surface area contributed by atoms with Crippen LogP contribution in [0.15, 0.2) is 12.2 Å². The van der Waals surface area contributed by atoms with Crippen LogP contribution in [0, 0.1) is 0 Å². The maximum Gasteiger partial charge on any atom is 0.253 e. The molecule has 1 aliphatic rings. The second kappa shape index (κ2) is 17.7. The molecule has 0 aromatic rings. The van der Waals surface area contributed by atoms with E-state index < -0.39 is 0 Å². The molecule has 1 aliphatic heterocycles. The van der Waals surface area contributed by atoms with E-state index in [1.54, 1.807) is 0 Å². The second-order valence-corrected chi connectivity index (χ2v) is 5.56. The van der Waals surface area contributed by atoms with Gasteiger partial charge in [-0.15, -0.1) is 0 Å². The summed E-state index contributed by atoms with van der Waals surface area (Å²) in [5, 5.41) is 8.52. The number of hydrogen-bond acceptors (Lipinski definition) is 9. The number of amides is 2. The van der Waals surface area contributed by atoms with Crippen molar-refractivity contribution in [1.82, 2.24) is 4.90 Å². The summed E-state index contributed by atoms with van der Waals surface area (Å²) in [7, 11) is 0. The van der Waals surface area contributed by atoms with E-state index in [9.17, 15) is 9.59 Å². The number of hydrogen-bond donors (Lipinski definition) is 1. The summed E-state index contributed by atoms with van der Waals surface area (Å²) in [5.74, 6) is -0.607. The van der Waals surface area contributed by atoms with Crippen molar-refractivity contribution in [2.45, 2.75) is 0 Å². The van der Waals surface area contributed by atoms with Crippen LogP contribution in [0.4, 0.5) is 0 Å². The molecule has 1 heterocycles. The molecule has 2 amide bonds. The van der Waals surface area contributed by atoms with Crippen molar-refractivity contribution in [3.63, 3.8) is 0 Å². The first kappa shape index (κ1) is 24.6. The molecule has 0 aliphatic carbocycles. The van der Waals surface area contributed by atoms with Crippen LogP contribution in [0.5, 0.6) is 0 Å². The van der Waals surface area contributed by atoms with Crippen LogP contribution in [0.3, 0.4) is 0 Å². The standard InChI is InChI=1S/C18H31NO9/c20-4-6-24-8-10-26-12-14-28-16-15-27-13-11-25-9-7-23-5-3-19-17(21)1-2-18(19)22/h1-2,20H,3-16H2. The van der Waals surface area contributed by atoms with Gasteiger partial charge in [-0.25, -0.2) is 0 Å². The van der Waals surface area contributed by atoms with Crippen molar-refractivity contribution in [2.75, 3.05) is 92.4 Å². The maximum absolute atomic E-state index is 11.3. The van der Waals surface area contributed by atoms with Crippen molar-refractivity contribution in [2.24, 2.45) is 0 Å². The topological polar surface area (TPSA) is 113 Å². The van der Waals surface area contributed by atoms with E-state index in [1.807, 2.05) is 0 Å². The summed E-state index contributed by atoms with van der Waals surface area (Å²) in [6.45, 7) is 5.48. The minimum Gasteiger partial charge on any atom is -0.394 e. The average Bonchev–Trinajstić information content (AvgIpc) is 3.01. The number of rotatable bonds is 20. The molecule has 0 atom stereocenters. The zero-order valence-corrected chi connectivity index (χ0v) is 16.2.